The van der Waals surface area contributed by atoms with E-state index in [1.165, 1.54) is 18.2 Å². The molecule has 0 radical (unpaired) electrons. The van der Waals surface area contributed by atoms with Crippen LogP contribution in [0.3, 0.4) is 0 Å². The fourth-order valence-electron chi connectivity index (χ4n) is 3.10. The Labute approximate surface area is 187 Å². The van der Waals surface area contributed by atoms with Gasteiger partial charge in [0.2, 0.25) is 5.91 Å². The van der Waals surface area contributed by atoms with Crippen molar-refractivity contribution in [3.63, 3.8) is 0 Å². The summed E-state index contributed by atoms with van der Waals surface area (Å²) < 4.78 is 41.3. The van der Waals surface area contributed by atoms with Crippen LogP contribution in [-0.4, -0.2) is 12.1 Å². The number of allylic oxidation sites excluding steroid dienone is 1. The van der Waals surface area contributed by atoms with Gasteiger partial charge in [-0.3, -0.25) is 4.79 Å². The van der Waals surface area contributed by atoms with Crippen molar-refractivity contribution in [1.29, 1.82) is 0 Å². The maximum absolute atomic E-state index is 13.8. The molecule has 31 heavy (non-hydrogen) atoms. The molecule has 1 atom stereocenters. The van der Waals surface area contributed by atoms with Crippen LogP contribution in [0.2, 0.25) is 5.02 Å². The number of carbonyl (C=O) groups excluding carboxylic acids is 1. The summed E-state index contributed by atoms with van der Waals surface area (Å²) in [5, 5.41) is 3.22. The lowest BCUT2D eigenvalue weighted by Gasteiger charge is -2.19. The van der Waals surface area contributed by atoms with Crippen molar-refractivity contribution >= 4 is 23.6 Å². The molecule has 0 saturated carbocycles. The van der Waals surface area contributed by atoms with Gasteiger partial charge in [0.15, 0.2) is 0 Å². The first-order chi connectivity index (χ1) is 14.2. The zero-order chi connectivity index (χ0) is 23.6. The second-order valence-electron chi connectivity index (χ2n) is 8.94. The van der Waals surface area contributed by atoms with E-state index in [2.05, 4.69) is 5.32 Å². The average Bonchev–Trinajstić information content (AvgIpc) is 2.63. The number of nitrogens with one attached hydrogen (secondary N) is 1. The van der Waals surface area contributed by atoms with Crippen molar-refractivity contribution < 1.29 is 18.0 Å². The molecule has 2 aromatic carbocycles. The highest BCUT2D eigenvalue weighted by Gasteiger charge is 2.39. The largest absolute Gasteiger partial charge is 0.399 e. The zero-order valence-electron chi connectivity index (χ0n) is 18.7. The summed E-state index contributed by atoms with van der Waals surface area (Å²) in [7, 11) is 0. The molecule has 6 heteroatoms. The lowest BCUT2D eigenvalue weighted by atomic mass is 9.93. The van der Waals surface area contributed by atoms with Gasteiger partial charge in [-0.05, 0) is 60.2 Å². The van der Waals surface area contributed by atoms with Gasteiger partial charge in [0, 0.05) is 17.0 Å². The highest BCUT2D eigenvalue weighted by atomic mass is 35.5. The summed E-state index contributed by atoms with van der Waals surface area (Å²) in [4.78, 5) is 12.1. The molecule has 2 rings (SSSR count). The molecule has 0 aromatic heterocycles. The Bertz CT molecular complexity index is 964. The predicted molar refractivity (Wildman–Crippen MR) is 121 cm³/mol. The van der Waals surface area contributed by atoms with Crippen LogP contribution in [0.15, 0.2) is 36.4 Å². The first-order valence-corrected chi connectivity index (χ1v) is 10.5. The molecular weight excluding hydrogens is 423 g/mol. The third kappa shape index (κ3) is 6.60. The molecule has 0 aliphatic rings. The van der Waals surface area contributed by atoms with Gasteiger partial charge in [-0.15, -0.1) is 0 Å². The third-order valence-corrected chi connectivity index (χ3v) is 5.70. The second kappa shape index (κ2) is 9.47. The van der Waals surface area contributed by atoms with E-state index < -0.39 is 17.5 Å². The van der Waals surface area contributed by atoms with E-state index in [1.807, 2.05) is 39.8 Å². The number of carbonyl (C=O) groups is 1. The number of aryl methyl sites for hydroxylation is 2. The SMILES string of the molecule is Cc1cc(/C=C/C(c2cc(C)c(C)c(Cl)c2)C(F)(F)F)ccc1CNC(=O)C(C)(C)C. The summed E-state index contributed by atoms with van der Waals surface area (Å²) >= 11 is 6.13. The number of rotatable bonds is 5. The first kappa shape index (κ1) is 25.0. The maximum atomic E-state index is 13.8. The lowest BCUT2D eigenvalue weighted by Crippen LogP contribution is -2.34. The Kier molecular flexibility index (Phi) is 7.64. The lowest BCUT2D eigenvalue weighted by molar-refractivity contribution is -0.139. The van der Waals surface area contributed by atoms with Gasteiger partial charge < -0.3 is 5.32 Å². The summed E-state index contributed by atoms with van der Waals surface area (Å²) in [5.41, 5.74) is 3.61. The zero-order valence-corrected chi connectivity index (χ0v) is 19.5. The van der Waals surface area contributed by atoms with Crippen molar-refractivity contribution in [3.05, 3.63) is 74.8 Å². The van der Waals surface area contributed by atoms with Crippen LogP contribution in [0.5, 0.6) is 0 Å². The highest BCUT2D eigenvalue weighted by Crippen LogP contribution is 2.38. The van der Waals surface area contributed by atoms with Crippen LogP contribution in [0.4, 0.5) is 13.2 Å². The van der Waals surface area contributed by atoms with E-state index in [4.69, 9.17) is 11.6 Å². The monoisotopic (exact) mass is 451 g/mol. The molecule has 0 heterocycles. The van der Waals surface area contributed by atoms with Crippen LogP contribution in [0.1, 0.15) is 60.1 Å². The molecule has 0 bridgehead atoms. The van der Waals surface area contributed by atoms with Gasteiger partial charge in [0.25, 0.3) is 0 Å². The predicted octanol–water partition coefficient (Wildman–Crippen LogP) is 7.29. The molecule has 0 spiro atoms. The topological polar surface area (TPSA) is 29.1 Å². The summed E-state index contributed by atoms with van der Waals surface area (Å²) in [6, 6.07) is 8.32. The third-order valence-electron chi connectivity index (χ3n) is 5.31. The molecule has 1 N–H and O–H groups in total. The van der Waals surface area contributed by atoms with Crippen LogP contribution in [0, 0.1) is 26.2 Å². The molecule has 2 aromatic rings. The van der Waals surface area contributed by atoms with E-state index >= 15 is 0 Å². The van der Waals surface area contributed by atoms with E-state index in [0.717, 1.165) is 28.3 Å². The number of hydrogen-bond donors (Lipinski definition) is 1. The Balaban J connectivity index is 2.25. The summed E-state index contributed by atoms with van der Waals surface area (Å²) in [6.45, 7) is 11.3. The van der Waals surface area contributed by atoms with Crippen LogP contribution >= 0.6 is 11.6 Å². The Morgan fingerprint density at radius 1 is 1.06 bits per heavy atom. The molecule has 0 aliphatic heterocycles. The molecule has 168 valence electrons. The number of benzene rings is 2. The summed E-state index contributed by atoms with van der Waals surface area (Å²) in [6.07, 6.45) is -1.80. The molecular formula is C25H29ClF3NO. The van der Waals surface area contributed by atoms with Gasteiger partial charge in [-0.1, -0.05) is 68.8 Å². The molecule has 0 aliphatic carbocycles. The van der Waals surface area contributed by atoms with Gasteiger partial charge >= 0.3 is 6.18 Å². The second-order valence-corrected chi connectivity index (χ2v) is 9.35. The number of alkyl halides is 3. The van der Waals surface area contributed by atoms with Gasteiger partial charge in [0.1, 0.15) is 0 Å². The van der Waals surface area contributed by atoms with E-state index in [-0.39, 0.29) is 11.5 Å². The van der Waals surface area contributed by atoms with Crippen molar-refractivity contribution in [2.45, 2.75) is 60.2 Å². The van der Waals surface area contributed by atoms with Crippen molar-refractivity contribution in [2.75, 3.05) is 0 Å². The first-order valence-electron chi connectivity index (χ1n) is 10.1. The Hall–Kier alpha value is -2.27. The van der Waals surface area contributed by atoms with Crippen molar-refractivity contribution in [3.8, 4) is 0 Å². The van der Waals surface area contributed by atoms with Gasteiger partial charge in [0.05, 0.1) is 5.92 Å². The van der Waals surface area contributed by atoms with E-state index in [9.17, 15) is 18.0 Å². The fraction of sp³-hybridized carbons (Fsp3) is 0.400. The standard InChI is InChI=1S/C25H29ClF3NO/c1-15-12-20(13-22(26)17(15)3)21(25(27,28)29)10-8-18-7-9-19(16(2)11-18)14-30-23(31)24(4,5)6/h7-13,21H,14H2,1-6H3,(H,30,31)/b10-8+. The number of hydrogen-bond acceptors (Lipinski definition) is 1. The van der Waals surface area contributed by atoms with Crippen LogP contribution in [-0.2, 0) is 11.3 Å². The number of halogens is 4. The highest BCUT2D eigenvalue weighted by molar-refractivity contribution is 6.31. The minimum Gasteiger partial charge on any atom is -0.352 e. The van der Waals surface area contributed by atoms with Crippen LogP contribution < -0.4 is 5.32 Å². The molecule has 0 saturated heterocycles. The van der Waals surface area contributed by atoms with Crippen molar-refractivity contribution in [2.24, 2.45) is 5.41 Å². The summed E-state index contributed by atoms with van der Waals surface area (Å²) in [5.74, 6) is -1.81. The van der Waals surface area contributed by atoms with Crippen molar-refractivity contribution in [1.82, 2.24) is 5.32 Å². The minimum atomic E-state index is -4.44. The van der Waals surface area contributed by atoms with Gasteiger partial charge in [-0.2, -0.15) is 13.2 Å². The van der Waals surface area contributed by atoms with E-state index in [1.54, 1.807) is 19.9 Å². The Morgan fingerprint density at radius 3 is 2.23 bits per heavy atom. The smallest absolute Gasteiger partial charge is 0.352 e. The average molecular weight is 452 g/mol. The number of amides is 1. The quantitative estimate of drug-likeness (QED) is 0.508. The normalized spacial score (nSPS) is 13.5. The Morgan fingerprint density at radius 2 is 1.71 bits per heavy atom. The molecule has 0 fully saturated rings. The fourth-order valence-corrected chi connectivity index (χ4v) is 3.38. The maximum Gasteiger partial charge on any atom is 0.399 e. The van der Waals surface area contributed by atoms with Gasteiger partial charge in [-0.25, -0.2) is 0 Å². The molecule has 2 nitrogen and oxygen atoms in total. The minimum absolute atomic E-state index is 0.0593. The molecule has 1 unspecified atom stereocenters. The van der Waals surface area contributed by atoms with Crippen LogP contribution in [0.25, 0.3) is 6.08 Å². The van der Waals surface area contributed by atoms with E-state index in [0.29, 0.717) is 17.1 Å². The molecule has 1 amide bonds.